The molecule has 0 spiro atoms. The van der Waals surface area contributed by atoms with Crippen LogP contribution < -0.4 is 5.32 Å². The summed E-state index contributed by atoms with van der Waals surface area (Å²) in [5.41, 5.74) is 3.14. The Morgan fingerprint density at radius 2 is 1.39 bits per heavy atom. The molecule has 0 unspecified atom stereocenters. The van der Waals surface area contributed by atoms with E-state index in [-0.39, 0.29) is 10.7 Å². The van der Waals surface area contributed by atoms with Gasteiger partial charge in [0.1, 0.15) is 0 Å². The first kappa shape index (κ1) is 23.4. The van der Waals surface area contributed by atoms with Crippen molar-refractivity contribution in [2.45, 2.75) is 23.2 Å². The van der Waals surface area contributed by atoms with Crippen molar-refractivity contribution in [3.05, 3.63) is 108 Å². The molecule has 0 saturated carbocycles. The molecule has 4 atom stereocenters. The third kappa shape index (κ3) is 4.78. The Balaban J connectivity index is 0.000000200. The second kappa shape index (κ2) is 10.4. The number of benzene rings is 3. The zero-order valence-corrected chi connectivity index (χ0v) is 19.2. The van der Waals surface area contributed by atoms with Gasteiger partial charge in [0.25, 0.3) is 0 Å². The van der Waals surface area contributed by atoms with E-state index < -0.39 is 22.9 Å². The SMILES string of the molecule is O=C(O)[C@@H](O)c1ccccc1.O=[S@@]1CCC(c2ccccc2)(c2ccccc2)[C@@H]2CNC[C@@H]21. The largest absolute Gasteiger partial charge is 0.479 e. The number of aliphatic hydroxyl groups is 1. The van der Waals surface area contributed by atoms with Gasteiger partial charge in [-0.2, -0.15) is 0 Å². The Kier molecular flexibility index (Phi) is 7.38. The van der Waals surface area contributed by atoms with Gasteiger partial charge in [-0.25, -0.2) is 4.79 Å². The standard InChI is InChI=1S/C19H21NOS.C8H8O3/c21-22-12-11-19(15-7-3-1-4-8-15,16-9-5-2-6-10-16)17-13-20-14-18(17)22;9-7(8(10)11)6-4-2-1-3-5-6/h1-10,17-18,20H,11-14H2;1-5,7,9H,(H,10,11)/t17-,18+,22-;7-/m10/s1. The Morgan fingerprint density at radius 1 is 0.879 bits per heavy atom. The Morgan fingerprint density at radius 3 is 1.91 bits per heavy atom. The van der Waals surface area contributed by atoms with Crippen LogP contribution in [-0.2, 0) is 21.0 Å². The van der Waals surface area contributed by atoms with E-state index in [1.807, 2.05) is 0 Å². The molecule has 2 fully saturated rings. The molecule has 0 radical (unpaired) electrons. The van der Waals surface area contributed by atoms with Crippen LogP contribution in [0.5, 0.6) is 0 Å². The first-order valence-electron chi connectivity index (χ1n) is 11.2. The Hall–Kier alpha value is -2.80. The molecular formula is C27H29NO4S. The van der Waals surface area contributed by atoms with Crippen LogP contribution in [0.3, 0.4) is 0 Å². The minimum Gasteiger partial charge on any atom is -0.479 e. The summed E-state index contributed by atoms with van der Waals surface area (Å²) in [5.74, 6) is -0.0183. The van der Waals surface area contributed by atoms with Crippen molar-refractivity contribution in [1.82, 2.24) is 5.32 Å². The van der Waals surface area contributed by atoms with Crippen LogP contribution in [0.1, 0.15) is 29.2 Å². The number of aliphatic hydroxyl groups excluding tert-OH is 1. The second-order valence-electron chi connectivity index (χ2n) is 8.49. The van der Waals surface area contributed by atoms with Gasteiger partial charge in [-0.1, -0.05) is 91.0 Å². The number of carboxylic acids is 1. The number of carboxylic acid groups (broad SMARTS) is 1. The van der Waals surface area contributed by atoms with Crippen molar-refractivity contribution in [1.29, 1.82) is 0 Å². The summed E-state index contributed by atoms with van der Waals surface area (Å²) in [6.07, 6.45) is -0.438. The highest BCUT2D eigenvalue weighted by Crippen LogP contribution is 2.48. The smallest absolute Gasteiger partial charge is 0.337 e. The lowest BCUT2D eigenvalue weighted by molar-refractivity contribution is -0.146. The molecule has 3 aromatic rings. The summed E-state index contributed by atoms with van der Waals surface area (Å²) in [6.45, 7) is 1.85. The molecule has 5 rings (SSSR count). The quantitative estimate of drug-likeness (QED) is 0.551. The molecular weight excluding hydrogens is 434 g/mol. The predicted molar refractivity (Wildman–Crippen MR) is 130 cm³/mol. The predicted octanol–water partition coefficient (Wildman–Crippen LogP) is 3.52. The molecule has 2 aliphatic heterocycles. The number of hydrogen-bond donors (Lipinski definition) is 3. The number of hydrogen-bond acceptors (Lipinski definition) is 4. The second-order valence-corrected chi connectivity index (χ2v) is 10.3. The number of carbonyl (C=O) groups is 1. The molecule has 2 heterocycles. The fourth-order valence-corrected chi connectivity index (χ4v) is 6.98. The average molecular weight is 464 g/mol. The van der Waals surface area contributed by atoms with E-state index in [2.05, 4.69) is 66.0 Å². The maximum Gasteiger partial charge on any atom is 0.337 e. The van der Waals surface area contributed by atoms with Crippen LogP contribution in [0, 0.1) is 5.92 Å². The van der Waals surface area contributed by atoms with Crippen molar-refractivity contribution in [2.24, 2.45) is 5.92 Å². The monoisotopic (exact) mass is 463 g/mol. The molecule has 0 aliphatic carbocycles. The molecule has 2 saturated heterocycles. The first-order valence-corrected chi connectivity index (χ1v) is 12.6. The lowest BCUT2D eigenvalue weighted by Crippen LogP contribution is -2.49. The molecule has 3 N–H and O–H groups in total. The van der Waals surface area contributed by atoms with E-state index in [0.717, 1.165) is 25.3 Å². The van der Waals surface area contributed by atoms with Gasteiger partial charge in [0.2, 0.25) is 0 Å². The molecule has 172 valence electrons. The minimum absolute atomic E-state index is 0.00933. The third-order valence-corrected chi connectivity index (χ3v) is 8.53. The summed E-state index contributed by atoms with van der Waals surface area (Å²) in [7, 11) is -0.702. The van der Waals surface area contributed by atoms with Gasteiger partial charge in [0, 0.05) is 41.0 Å². The lowest BCUT2D eigenvalue weighted by Gasteiger charge is -2.46. The van der Waals surface area contributed by atoms with Crippen molar-refractivity contribution < 1.29 is 19.2 Å². The highest BCUT2D eigenvalue weighted by atomic mass is 32.2. The van der Waals surface area contributed by atoms with Crippen molar-refractivity contribution >= 4 is 16.8 Å². The van der Waals surface area contributed by atoms with E-state index in [1.165, 1.54) is 11.1 Å². The molecule has 6 heteroatoms. The van der Waals surface area contributed by atoms with Crippen LogP contribution in [0.15, 0.2) is 91.0 Å². The van der Waals surface area contributed by atoms with Crippen molar-refractivity contribution in [3.63, 3.8) is 0 Å². The highest BCUT2D eigenvalue weighted by Gasteiger charge is 2.52. The Bertz CT molecular complexity index is 1040. The Labute approximate surface area is 196 Å². The topological polar surface area (TPSA) is 86.6 Å². The van der Waals surface area contributed by atoms with Crippen LogP contribution in [0.25, 0.3) is 0 Å². The first-order chi connectivity index (χ1) is 16.0. The fraction of sp³-hybridized carbons (Fsp3) is 0.296. The zero-order chi connectivity index (χ0) is 23.3. The lowest BCUT2D eigenvalue weighted by atomic mass is 9.63. The van der Waals surface area contributed by atoms with Crippen LogP contribution in [-0.4, -0.2) is 44.5 Å². The molecule has 5 nitrogen and oxygen atoms in total. The number of aliphatic carboxylic acids is 1. The number of rotatable bonds is 4. The van der Waals surface area contributed by atoms with E-state index in [9.17, 15) is 9.00 Å². The van der Waals surface area contributed by atoms with Gasteiger partial charge in [0.15, 0.2) is 6.10 Å². The normalized spacial score (nSPS) is 24.1. The molecule has 33 heavy (non-hydrogen) atoms. The van der Waals surface area contributed by atoms with Gasteiger partial charge >= 0.3 is 5.97 Å². The van der Waals surface area contributed by atoms with E-state index in [4.69, 9.17) is 10.2 Å². The molecule has 0 bridgehead atoms. The minimum atomic E-state index is -1.41. The van der Waals surface area contributed by atoms with Gasteiger partial charge in [-0.3, -0.25) is 4.21 Å². The van der Waals surface area contributed by atoms with Crippen LogP contribution in [0.2, 0.25) is 0 Å². The van der Waals surface area contributed by atoms with Crippen LogP contribution >= 0.6 is 0 Å². The molecule has 0 aromatic heterocycles. The highest BCUT2D eigenvalue weighted by molar-refractivity contribution is 7.85. The zero-order valence-electron chi connectivity index (χ0n) is 18.3. The van der Waals surface area contributed by atoms with Crippen molar-refractivity contribution in [3.8, 4) is 0 Å². The van der Waals surface area contributed by atoms with Gasteiger partial charge in [-0.05, 0) is 23.1 Å². The van der Waals surface area contributed by atoms with Crippen LogP contribution in [0.4, 0.5) is 0 Å². The number of fused-ring (bicyclic) bond motifs is 1. The van der Waals surface area contributed by atoms with E-state index >= 15 is 0 Å². The molecule has 3 aromatic carbocycles. The maximum absolute atomic E-state index is 12.5. The third-order valence-electron chi connectivity index (χ3n) is 6.75. The maximum atomic E-state index is 12.5. The molecule has 0 amide bonds. The fourth-order valence-electron chi connectivity index (χ4n) is 5.15. The van der Waals surface area contributed by atoms with Gasteiger partial charge < -0.3 is 15.5 Å². The summed E-state index contributed by atoms with van der Waals surface area (Å²) in [6, 6.07) is 29.9. The van der Waals surface area contributed by atoms with E-state index in [1.54, 1.807) is 30.3 Å². The number of nitrogens with one attached hydrogen (secondary N) is 1. The summed E-state index contributed by atoms with van der Waals surface area (Å²) in [5, 5.41) is 21.2. The van der Waals surface area contributed by atoms with Gasteiger partial charge in [0.05, 0.1) is 5.25 Å². The van der Waals surface area contributed by atoms with Crippen molar-refractivity contribution in [2.75, 3.05) is 18.8 Å². The summed E-state index contributed by atoms with van der Waals surface area (Å²) in [4.78, 5) is 10.2. The van der Waals surface area contributed by atoms with E-state index in [0.29, 0.717) is 11.5 Å². The summed E-state index contributed by atoms with van der Waals surface area (Å²) < 4.78 is 12.5. The summed E-state index contributed by atoms with van der Waals surface area (Å²) >= 11 is 0. The van der Waals surface area contributed by atoms with Gasteiger partial charge in [-0.15, -0.1) is 0 Å². The average Bonchev–Trinajstić information content (AvgIpc) is 3.38. The molecule has 2 aliphatic rings.